The van der Waals surface area contributed by atoms with Crippen LogP contribution in [0.2, 0.25) is 5.02 Å². The fraction of sp³-hybridized carbons (Fsp3) is 0.783. The number of carbonyl (C=O) groups excluding carboxylic acids is 3. The molecule has 3 aliphatic heterocycles. The second kappa shape index (κ2) is 29.9. The molecule has 0 unspecified atom stereocenters. The number of rotatable bonds is 22. The van der Waals surface area contributed by atoms with Gasteiger partial charge in [-0.2, -0.15) is 0 Å². The van der Waals surface area contributed by atoms with E-state index in [1.807, 2.05) is 44.8 Å². The first-order chi connectivity index (χ1) is 39.8. The van der Waals surface area contributed by atoms with Gasteiger partial charge in [-0.3, -0.25) is 19.2 Å². The summed E-state index contributed by atoms with van der Waals surface area (Å²) in [6.07, 6.45) is -6.59. The van der Waals surface area contributed by atoms with Crippen LogP contribution in [0.15, 0.2) is 23.1 Å². The summed E-state index contributed by atoms with van der Waals surface area (Å²) in [6.45, 7) is 18.1. The molecule has 6 rings (SSSR count). The molecule has 1 saturated carbocycles. The molecule has 2 aromatic rings. The number of ether oxygens (including phenoxy) is 9. The summed E-state index contributed by atoms with van der Waals surface area (Å²) in [5.41, 5.74) is -4.65. The van der Waals surface area contributed by atoms with Gasteiger partial charge in [0.2, 0.25) is 11.3 Å². The maximum absolute atomic E-state index is 14.6. The lowest BCUT2D eigenvalue weighted by Crippen LogP contribution is -2.61. The monoisotopic (exact) mass is 1230 g/mol. The summed E-state index contributed by atoms with van der Waals surface area (Å²) >= 11 is 6.56. The number of carboxylic acids is 1. The quantitative estimate of drug-likeness (QED) is 0.0645. The number of aliphatic hydroxyl groups is 4. The number of hydrogen-bond acceptors (Lipinski definition) is 21. The molecule has 85 heavy (non-hydrogen) atoms. The molecule has 7 N–H and O–H groups in total. The number of amides is 1. The number of likely N-dealkylation sites (N-methyl/N-ethyl adjacent to an activating group) is 2. The average Bonchev–Trinajstić information content (AvgIpc) is 4.37. The number of nitrogens with one attached hydrogen (secondary N) is 2. The summed E-state index contributed by atoms with van der Waals surface area (Å²) in [5.74, 6) is -5.52. The molecule has 4 aliphatic rings. The Bertz CT molecular complexity index is 2640. The number of cyclic esters (lactones) is 1. The van der Waals surface area contributed by atoms with Crippen LogP contribution in [0.1, 0.15) is 131 Å². The SMILES string of the molecule is CC[C@H]1OC(=O)[C@H](C)[C@@H](O[C@H]2C[C@@](C)(OC)[C@@H](OC(=O)CNC(=O)CCOCCOCCNc3cc4c(=O)c(C(=O)O)cn(C5CC5)c4cc3Cl)[C@H](C)O2)[C@H](C)[C@@H](O[C@@H]2O[C@H](C)C[C@H](N(C)C)[C@H]2O)[C@](C)(O)C[C@@H](C)CN(C)[C@H](C)[C@@H](O)[C@]1(C)O. The fourth-order valence-corrected chi connectivity index (χ4v) is 12.7. The molecular formula is C60H96ClN5O19. The zero-order chi connectivity index (χ0) is 63.0. The van der Waals surface area contributed by atoms with Gasteiger partial charge in [0.15, 0.2) is 18.7 Å². The van der Waals surface area contributed by atoms with Gasteiger partial charge in [-0.05, 0) is 120 Å². The molecule has 0 bridgehead atoms. The molecule has 24 nitrogen and oxygen atoms in total. The molecule has 482 valence electrons. The van der Waals surface area contributed by atoms with Crippen molar-refractivity contribution >= 4 is 52.0 Å². The molecule has 1 aromatic heterocycles. The van der Waals surface area contributed by atoms with Gasteiger partial charge >= 0.3 is 17.9 Å². The van der Waals surface area contributed by atoms with E-state index in [0.29, 0.717) is 35.7 Å². The molecule has 25 heteroatoms. The van der Waals surface area contributed by atoms with Gasteiger partial charge in [0.1, 0.15) is 41.6 Å². The van der Waals surface area contributed by atoms with Gasteiger partial charge in [-0.15, -0.1) is 0 Å². The van der Waals surface area contributed by atoms with E-state index in [1.54, 1.807) is 65.2 Å². The first-order valence-corrected chi connectivity index (χ1v) is 30.3. The highest BCUT2D eigenvalue weighted by atomic mass is 35.5. The minimum atomic E-state index is -1.89. The number of pyridine rings is 1. The Morgan fingerprint density at radius 2 is 1.59 bits per heavy atom. The van der Waals surface area contributed by atoms with E-state index in [4.69, 9.17) is 54.2 Å². The molecule has 1 aliphatic carbocycles. The third kappa shape index (κ3) is 17.4. The van der Waals surface area contributed by atoms with Crippen molar-refractivity contribution in [2.24, 2.45) is 17.8 Å². The Labute approximate surface area is 504 Å². The van der Waals surface area contributed by atoms with Crippen molar-refractivity contribution in [1.82, 2.24) is 19.7 Å². The van der Waals surface area contributed by atoms with Crippen LogP contribution in [0.4, 0.5) is 5.69 Å². The average molecular weight is 1230 g/mol. The predicted octanol–water partition coefficient (Wildman–Crippen LogP) is 4.10. The summed E-state index contributed by atoms with van der Waals surface area (Å²) < 4.78 is 57.6. The van der Waals surface area contributed by atoms with Crippen LogP contribution in [0.25, 0.3) is 10.9 Å². The van der Waals surface area contributed by atoms with Crippen molar-refractivity contribution in [2.45, 2.75) is 211 Å². The van der Waals surface area contributed by atoms with Crippen LogP contribution in [-0.4, -0.2) is 228 Å². The predicted molar refractivity (Wildman–Crippen MR) is 314 cm³/mol. The molecule has 1 aromatic carbocycles. The van der Waals surface area contributed by atoms with Crippen molar-refractivity contribution in [3.05, 3.63) is 39.1 Å². The van der Waals surface area contributed by atoms with Gasteiger partial charge in [-0.1, -0.05) is 32.4 Å². The summed E-state index contributed by atoms with van der Waals surface area (Å²) in [4.78, 5) is 69.4. The fourth-order valence-electron chi connectivity index (χ4n) is 12.4. The van der Waals surface area contributed by atoms with E-state index in [-0.39, 0.29) is 87.2 Å². The molecule has 0 radical (unpaired) electrons. The molecule has 4 heterocycles. The molecular weight excluding hydrogens is 1130 g/mol. The summed E-state index contributed by atoms with van der Waals surface area (Å²) in [5, 5.41) is 64.1. The highest BCUT2D eigenvalue weighted by Crippen LogP contribution is 2.42. The number of carbonyl (C=O) groups is 4. The number of fused-ring (bicyclic) bond motifs is 1. The van der Waals surface area contributed by atoms with Crippen LogP contribution < -0.4 is 16.1 Å². The van der Waals surface area contributed by atoms with Gasteiger partial charge in [0.05, 0.1) is 78.6 Å². The maximum Gasteiger partial charge on any atom is 0.341 e. The molecule has 1 amide bonds. The lowest BCUT2D eigenvalue weighted by molar-refractivity contribution is -0.318. The topological polar surface area (TPSA) is 305 Å². The third-order valence-electron chi connectivity index (χ3n) is 17.6. The van der Waals surface area contributed by atoms with Crippen LogP contribution >= 0.6 is 11.6 Å². The number of hydrogen-bond donors (Lipinski definition) is 7. The van der Waals surface area contributed by atoms with E-state index in [2.05, 4.69) is 10.6 Å². The Morgan fingerprint density at radius 1 is 0.918 bits per heavy atom. The van der Waals surface area contributed by atoms with Crippen LogP contribution in [0.5, 0.6) is 0 Å². The Kier molecular flexibility index (Phi) is 24.6. The number of aliphatic hydroxyl groups excluding tert-OH is 2. The van der Waals surface area contributed by atoms with Crippen molar-refractivity contribution in [2.75, 3.05) is 79.6 Å². The van der Waals surface area contributed by atoms with E-state index in [9.17, 15) is 49.5 Å². The standard InChI is InChI=1S/C60H96ClN5O19/c1-15-45-60(10,76)52(71)36(6)65(13)30-32(2)27-58(8,75)53(85-57-50(70)44(64(11)12)24-33(3)80-57)34(4)51(35(5)56(74)82-45)84-48-28-59(9,77-14)54(37(7)81-48)83-47(68)29-63-46(67)18-20-78-22-23-79-21-19-62-42-25-39-43(26-41(42)61)66(38-16-17-38)31-40(49(39)69)55(72)73/h25-26,31-38,44-45,48,50-54,57,62,70-71,75-76H,15-24,27-30H2,1-14H3,(H,63,67)(H,72,73)/t32-,33-,34+,35-,36-,37+,44+,45-,48+,50-,51+,52-,53-,54+,57+,58-,59-,60-/m1/s1. The number of methoxy groups -OCH3 is 1. The Balaban J connectivity index is 1.06. The van der Waals surface area contributed by atoms with Gasteiger partial charge in [-0.25, -0.2) is 4.79 Å². The van der Waals surface area contributed by atoms with Gasteiger partial charge in [0.25, 0.3) is 0 Å². The third-order valence-corrected chi connectivity index (χ3v) is 17.9. The molecule has 4 fully saturated rings. The lowest BCUT2D eigenvalue weighted by Gasteiger charge is -2.49. The zero-order valence-electron chi connectivity index (χ0n) is 52.0. The number of carboxylic acid groups (broad SMARTS) is 1. The second-order valence-electron chi connectivity index (χ2n) is 25.0. The van der Waals surface area contributed by atoms with E-state index in [0.717, 1.165) is 12.8 Å². The van der Waals surface area contributed by atoms with Crippen molar-refractivity contribution < 1.29 is 87.3 Å². The minimum absolute atomic E-state index is 0.0336. The number of anilines is 1. The number of aromatic carboxylic acids is 1. The number of esters is 2. The highest BCUT2D eigenvalue weighted by Gasteiger charge is 2.54. The molecule has 0 spiro atoms. The van der Waals surface area contributed by atoms with E-state index >= 15 is 0 Å². The maximum atomic E-state index is 14.6. The lowest BCUT2D eigenvalue weighted by atomic mass is 9.77. The number of benzene rings is 1. The zero-order valence-corrected chi connectivity index (χ0v) is 52.8. The largest absolute Gasteiger partial charge is 0.477 e. The van der Waals surface area contributed by atoms with Gasteiger partial charge in [0, 0.05) is 68.7 Å². The van der Waals surface area contributed by atoms with E-state index in [1.165, 1.54) is 20.2 Å². The van der Waals surface area contributed by atoms with Crippen molar-refractivity contribution in [3.63, 3.8) is 0 Å². The van der Waals surface area contributed by atoms with Crippen LogP contribution in [0, 0.1) is 17.8 Å². The van der Waals surface area contributed by atoms with Crippen molar-refractivity contribution in [1.29, 1.82) is 0 Å². The Morgan fingerprint density at radius 3 is 2.21 bits per heavy atom. The van der Waals surface area contributed by atoms with Crippen molar-refractivity contribution in [3.8, 4) is 0 Å². The number of halogens is 1. The first-order valence-electron chi connectivity index (χ1n) is 29.9. The second-order valence-corrected chi connectivity index (χ2v) is 25.4. The summed E-state index contributed by atoms with van der Waals surface area (Å²) in [7, 11) is 6.98. The van der Waals surface area contributed by atoms with Crippen LogP contribution in [0.3, 0.4) is 0 Å². The normalized spacial score (nSPS) is 35.6. The van der Waals surface area contributed by atoms with Crippen LogP contribution in [-0.2, 0) is 57.0 Å². The van der Waals surface area contributed by atoms with E-state index < -0.39 is 126 Å². The molecule has 3 saturated heterocycles. The highest BCUT2D eigenvalue weighted by molar-refractivity contribution is 6.34. The Hall–Kier alpha value is -4.12. The number of aromatic nitrogens is 1. The smallest absolute Gasteiger partial charge is 0.341 e. The number of nitrogens with zero attached hydrogens (tertiary/aromatic N) is 3. The first kappa shape index (κ1) is 70.0. The molecule has 18 atom stereocenters. The summed E-state index contributed by atoms with van der Waals surface area (Å²) in [6, 6.07) is 2.40. The van der Waals surface area contributed by atoms with Gasteiger partial charge < -0.3 is 93.2 Å². The minimum Gasteiger partial charge on any atom is -0.477 e.